The van der Waals surface area contributed by atoms with Gasteiger partial charge in [0.15, 0.2) is 0 Å². The monoisotopic (exact) mass is 271 g/mol. The largest absolute Gasteiger partial charge is 0.508 e. The lowest BCUT2D eigenvalue weighted by Gasteiger charge is -2.32. The molecule has 3 rings (SSSR count). The van der Waals surface area contributed by atoms with E-state index < -0.39 is 0 Å². The van der Waals surface area contributed by atoms with Crippen molar-refractivity contribution < 1.29 is 9.50 Å². The summed E-state index contributed by atoms with van der Waals surface area (Å²) in [6.45, 7) is 4.17. The van der Waals surface area contributed by atoms with Gasteiger partial charge >= 0.3 is 0 Å². The van der Waals surface area contributed by atoms with Crippen molar-refractivity contribution in [2.75, 3.05) is 4.90 Å². The van der Waals surface area contributed by atoms with Crippen LogP contribution in [-0.4, -0.2) is 11.1 Å². The maximum atomic E-state index is 13.5. The van der Waals surface area contributed by atoms with Crippen molar-refractivity contribution in [3.05, 3.63) is 59.4 Å². The Morgan fingerprint density at radius 1 is 1.25 bits per heavy atom. The van der Waals surface area contributed by atoms with Crippen molar-refractivity contribution >= 4 is 5.69 Å². The molecular formula is C17H18FNO. The van der Waals surface area contributed by atoms with Crippen LogP contribution in [0.2, 0.25) is 0 Å². The Morgan fingerprint density at radius 3 is 2.80 bits per heavy atom. The van der Waals surface area contributed by atoms with Gasteiger partial charge < -0.3 is 10.0 Å². The van der Waals surface area contributed by atoms with Crippen molar-refractivity contribution in [2.24, 2.45) is 0 Å². The fourth-order valence-electron chi connectivity index (χ4n) is 3.19. The molecule has 2 atom stereocenters. The number of rotatable bonds is 2. The first kappa shape index (κ1) is 13.0. The number of aromatic hydroxyl groups is 1. The molecule has 0 saturated carbocycles. The number of para-hydroxylation sites is 1. The predicted octanol–water partition coefficient (Wildman–Crippen LogP) is 4.04. The number of fused-ring (bicyclic) bond motifs is 1. The Hall–Kier alpha value is -2.03. The van der Waals surface area contributed by atoms with E-state index in [1.165, 1.54) is 29.4 Å². The normalized spacial score (nSPS) is 18.9. The van der Waals surface area contributed by atoms with Crippen LogP contribution in [0.5, 0.6) is 5.75 Å². The van der Waals surface area contributed by atoms with Crippen molar-refractivity contribution in [1.29, 1.82) is 0 Å². The molecule has 1 aliphatic heterocycles. The zero-order valence-electron chi connectivity index (χ0n) is 11.7. The van der Waals surface area contributed by atoms with E-state index in [-0.39, 0.29) is 17.6 Å². The third kappa shape index (κ3) is 2.03. The molecule has 2 aromatic rings. The highest BCUT2D eigenvalue weighted by molar-refractivity contribution is 5.61. The standard InChI is InChI=1S/C17H18FNO/c1-11-9-13-5-3-4-6-16(13)19(11)12(2)15-10-14(18)7-8-17(15)20/h3-8,10-12,20H,9H2,1-2H3. The van der Waals surface area contributed by atoms with Crippen LogP contribution in [0.4, 0.5) is 10.1 Å². The fourth-order valence-corrected chi connectivity index (χ4v) is 3.19. The van der Waals surface area contributed by atoms with Gasteiger partial charge in [0.1, 0.15) is 11.6 Å². The van der Waals surface area contributed by atoms with Crippen LogP contribution in [0.15, 0.2) is 42.5 Å². The zero-order chi connectivity index (χ0) is 14.3. The van der Waals surface area contributed by atoms with E-state index >= 15 is 0 Å². The van der Waals surface area contributed by atoms with E-state index in [0.717, 1.165) is 6.42 Å². The molecule has 2 aromatic carbocycles. The Bertz CT molecular complexity index is 641. The molecular weight excluding hydrogens is 253 g/mol. The van der Waals surface area contributed by atoms with Gasteiger partial charge in [-0.15, -0.1) is 0 Å². The van der Waals surface area contributed by atoms with E-state index in [9.17, 15) is 9.50 Å². The van der Waals surface area contributed by atoms with E-state index in [1.807, 2.05) is 19.1 Å². The van der Waals surface area contributed by atoms with Crippen LogP contribution >= 0.6 is 0 Å². The second-order valence-corrected chi connectivity index (χ2v) is 5.47. The number of hydrogen-bond acceptors (Lipinski definition) is 2. The molecule has 3 heteroatoms. The van der Waals surface area contributed by atoms with E-state index in [1.54, 1.807) is 0 Å². The smallest absolute Gasteiger partial charge is 0.123 e. The Kier molecular flexibility index (Phi) is 3.13. The van der Waals surface area contributed by atoms with Gasteiger partial charge in [0.2, 0.25) is 0 Å². The highest BCUT2D eigenvalue weighted by Crippen LogP contribution is 2.40. The zero-order valence-corrected chi connectivity index (χ0v) is 11.7. The van der Waals surface area contributed by atoms with Crippen molar-refractivity contribution in [3.63, 3.8) is 0 Å². The first-order chi connectivity index (χ1) is 9.58. The third-order valence-electron chi connectivity index (χ3n) is 4.12. The van der Waals surface area contributed by atoms with Crippen LogP contribution in [0.3, 0.4) is 0 Å². The number of benzene rings is 2. The number of nitrogens with zero attached hydrogens (tertiary/aromatic N) is 1. The first-order valence-corrected chi connectivity index (χ1v) is 6.92. The molecule has 0 aromatic heterocycles. The van der Waals surface area contributed by atoms with Gasteiger partial charge in [-0.2, -0.15) is 0 Å². The molecule has 0 fully saturated rings. The summed E-state index contributed by atoms with van der Waals surface area (Å²) in [5.74, 6) is -0.166. The van der Waals surface area contributed by atoms with Crippen LogP contribution in [0.25, 0.3) is 0 Å². The predicted molar refractivity (Wildman–Crippen MR) is 78.6 cm³/mol. The highest BCUT2D eigenvalue weighted by atomic mass is 19.1. The molecule has 0 spiro atoms. The number of hydrogen-bond donors (Lipinski definition) is 1. The molecule has 0 aliphatic carbocycles. The minimum absolute atomic E-state index is 0.0654. The summed E-state index contributed by atoms with van der Waals surface area (Å²) in [6, 6.07) is 12.7. The number of anilines is 1. The second kappa shape index (κ2) is 4.82. The Morgan fingerprint density at radius 2 is 2.00 bits per heavy atom. The Labute approximate surface area is 118 Å². The number of halogens is 1. The topological polar surface area (TPSA) is 23.5 Å². The fraction of sp³-hybridized carbons (Fsp3) is 0.294. The summed E-state index contributed by atoms with van der Waals surface area (Å²) in [7, 11) is 0. The van der Waals surface area contributed by atoms with Crippen LogP contribution in [-0.2, 0) is 6.42 Å². The maximum Gasteiger partial charge on any atom is 0.123 e. The first-order valence-electron chi connectivity index (χ1n) is 6.92. The van der Waals surface area contributed by atoms with Crippen LogP contribution in [0, 0.1) is 5.82 Å². The maximum absolute atomic E-state index is 13.5. The summed E-state index contributed by atoms with van der Waals surface area (Å²) in [5.41, 5.74) is 3.12. The molecule has 0 amide bonds. The average molecular weight is 271 g/mol. The molecule has 0 radical (unpaired) electrons. The lowest BCUT2D eigenvalue weighted by molar-refractivity contribution is 0.455. The molecule has 1 N–H and O–H groups in total. The minimum Gasteiger partial charge on any atom is -0.508 e. The molecule has 2 unspecified atom stereocenters. The number of phenols is 1. The summed E-state index contributed by atoms with van der Waals surface area (Å²) in [6.07, 6.45) is 0.983. The van der Waals surface area contributed by atoms with Crippen molar-refractivity contribution in [1.82, 2.24) is 0 Å². The highest BCUT2D eigenvalue weighted by Gasteiger charge is 2.31. The molecule has 0 saturated heterocycles. The van der Waals surface area contributed by atoms with Gasteiger partial charge in [-0.1, -0.05) is 18.2 Å². The summed E-state index contributed by atoms with van der Waals surface area (Å²) >= 11 is 0. The lowest BCUT2D eigenvalue weighted by atomic mass is 10.0. The molecule has 0 bridgehead atoms. The van der Waals surface area contributed by atoms with Gasteiger partial charge in [0.25, 0.3) is 0 Å². The van der Waals surface area contributed by atoms with Crippen LogP contribution in [0.1, 0.15) is 31.0 Å². The van der Waals surface area contributed by atoms with E-state index in [0.29, 0.717) is 11.6 Å². The van der Waals surface area contributed by atoms with Gasteiger partial charge in [-0.25, -0.2) is 4.39 Å². The molecule has 104 valence electrons. The van der Waals surface area contributed by atoms with Crippen molar-refractivity contribution in [3.8, 4) is 5.75 Å². The van der Waals surface area contributed by atoms with Gasteiger partial charge in [0, 0.05) is 17.3 Å². The summed E-state index contributed by atoms with van der Waals surface area (Å²) < 4.78 is 13.5. The summed E-state index contributed by atoms with van der Waals surface area (Å²) in [4.78, 5) is 2.25. The quantitative estimate of drug-likeness (QED) is 0.891. The molecule has 1 aliphatic rings. The average Bonchev–Trinajstić information content (AvgIpc) is 2.76. The van der Waals surface area contributed by atoms with Gasteiger partial charge in [-0.3, -0.25) is 0 Å². The SMILES string of the molecule is CC1Cc2ccccc2N1C(C)c1cc(F)ccc1O. The minimum atomic E-state index is -0.315. The van der Waals surface area contributed by atoms with Crippen molar-refractivity contribution in [2.45, 2.75) is 32.4 Å². The van der Waals surface area contributed by atoms with Gasteiger partial charge in [-0.05, 0) is 50.1 Å². The lowest BCUT2D eigenvalue weighted by Crippen LogP contribution is -2.32. The van der Waals surface area contributed by atoms with Crippen LogP contribution < -0.4 is 4.90 Å². The molecule has 20 heavy (non-hydrogen) atoms. The Balaban J connectivity index is 2.02. The third-order valence-corrected chi connectivity index (χ3v) is 4.12. The van der Waals surface area contributed by atoms with E-state index in [4.69, 9.17) is 0 Å². The number of phenolic OH excluding ortho intramolecular Hbond substituents is 1. The molecule has 1 heterocycles. The summed E-state index contributed by atoms with van der Waals surface area (Å²) in [5, 5.41) is 10.0. The molecule has 2 nitrogen and oxygen atoms in total. The van der Waals surface area contributed by atoms with E-state index in [2.05, 4.69) is 24.0 Å². The second-order valence-electron chi connectivity index (χ2n) is 5.47. The van der Waals surface area contributed by atoms with Gasteiger partial charge in [0.05, 0.1) is 6.04 Å².